The Balaban J connectivity index is 1.94. The van der Waals surface area contributed by atoms with E-state index in [2.05, 4.69) is 5.32 Å². The lowest BCUT2D eigenvalue weighted by atomic mass is 9.97. The number of piperidine rings is 1. The zero-order valence-corrected chi connectivity index (χ0v) is 15.0. The number of anilines is 1. The summed E-state index contributed by atoms with van der Waals surface area (Å²) in [7, 11) is 1.46. The maximum atomic E-state index is 12.3. The number of carbonyl (C=O) groups is 3. The Morgan fingerprint density at radius 3 is 2.56 bits per heavy atom. The van der Waals surface area contributed by atoms with Crippen LogP contribution in [0.5, 0.6) is 5.75 Å². The summed E-state index contributed by atoms with van der Waals surface area (Å²) in [4.78, 5) is 37.7. The van der Waals surface area contributed by atoms with Gasteiger partial charge in [-0.15, -0.1) is 0 Å². The van der Waals surface area contributed by atoms with Crippen molar-refractivity contribution in [1.82, 2.24) is 4.90 Å². The maximum Gasteiger partial charge on any atom is 0.314 e. The molecule has 2 rings (SSSR count). The minimum absolute atomic E-state index is 0.222. The summed E-state index contributed by atoms with van der Waals surface area (Å²) in [5.74, 6) is -1.48. The maximum absolute atomic E-state index is 12.3. The molecule has 1 aliphatic rings. The minimum Gasteiger partial charge on any atom is -0.495 e. The Labute approximate surface area is 151 Å². The summed E-state index contributed by atoms with van der Waals surface area (Å²) in [5, 5.41) is 2.94. The third kappa shape index (κ3) is 4.85. The highest BCUT2D eigenvalue weighted by Crippen LogP contribution is 2.28. The van der Waals surface area contributed by atoms with Gasteiger partial charge in [0.2, 0.25) is 0 Å². The fourth-order valence-corrected chi connectivity index (χ4v) is 2.85. The van der Waals surface area contributed by atoms with Crippen molar-refractivity contribution in [3.63, 3.8) is 0 Å². The SMILES string of the molecule is CCOC(=O)C1CCN(C(=O)C(=O)Nc2cc(Cl)ccc2OC)CC1. The summed E-state index contributed by atoms with van der Waals surface area (Å²) in [6.07, 6.45) is 0.969. The van der Waals surface area contributed by atoms with E-state index in [9.17, 15) is 14.4 Å². The number of likely N-dealkylation sites (tertiary alicyclic amines) is 1. The topological polar surface area (TPSA) is 84.9 Å². The molecular formula is C17H21ClN2O5. The lowest BCUT2D eigenvalue weighted by Crippen LogP contribution is -2.45. The molecule has 136 valence electrons. The second-order valence-corrected chi connectivity index (χ2v) is 6.05. The predicted molar refractivity (Wildman–Crippen MR) is 92.6 cm³/mol. The molecule has 0 radical (unpaired) electrons. The third-order valence-corrected chi connectivity index (χ3v) is 4.24. The standard InChI is InChI=1S/C17H21ClN2O5/c1-3-25-17(23)11-6-8-20(9-7-11)16(22)15(21)19-13-10-12(18)4-5-14(13)24-2/h4-5,10-11H,3,6-9H2,1-2H3,(H,19,21). The van der Waals surface area contributed by atoms with Gasteiger partial charge in [-0.2, -0.15) is 0 Å². The van der Waals surface area contributed by atoms with Crippen molar-refractivity contribution in [3.8, 4) is 5.75 Å². The van der Waals surface area contributed by atoms with Gasteiger partial charge in [-0.3, -0.25) is 14.4 Å². The Hall–Kier alpha value is -2.28. The van der Waals surface area contributed by atoms with Crippen molar-refractivity contribution in [1.29, 1.82) is 0 Å². The lowest BCUT2D eigenvalue weighted by Gasteiger charge is -2.30. The molecule has 0 aliphatic carbocycles. The molecule has 2 amide bonds. The van der Waals surface area contributed by atoms with Crippen molar-refractivity contribution in [2.75, 3.05) is 32.1 Å². The summed E-state index contributed by atoms with van der Waals surface area (Å²) < 4.78 is 10.1. The van der Waals surface area contributed by atoms with Gasteiger partial charge in [0.15, 0.2) is 0 Å². The van der Waals surface area contributed by atoms with Crippen molar-refractivity contribution >= 4 is 35.1 Å². The zero-order chi connectivity index (χ0) is 18.4. The largest absolute Gasteiger partial charge is 0.495 e. The first-order chi connectivity index (χ1) is 12.0. The second kappa shape index (κ2) is 8.71. The van der Waals surface area contributed by atoms with Crippen LogP contribution in [0.2, 0.25) is 5.02 Å². The molecule has 1 fully saturated rings. The van der Waals surface area contributed by atoms with Crippen molar-refractivity contribution < 1.29 is 23.9 Å². The molecule has 1 N–H and O–H groups in total. The number of methoxy groups -OCH3 is 1. The molecule has 0 spiro atoms. The molecule has 25 heavy (non-hydrogen) atoms. The van der Waals surface area contributed by atoms with Crippen LogP contribution in [0.1, 0.15) is 19.8 Å². The van der Waals surface area contributed by atoms with Crippen LogP contribution >= 0.6 is 11.6 Å². The minimum atomic E-state index is -0.768. The van der Waals surface area contributed by atoms with E-state index in [1.807, 2.05) is 0 Å². The molecule has 0 bridgehead atoms. The van der Waals surface area contributed by atoms with E-state index in [-0.39, 0.29) is 11.9 Å². The van der Waals surface area contributed by atoms with Crippen LogP contribution in [0.4, 0.5) is 5.69 Å². The fraction of sp³-hybridized carbons (Fsp3) is 0.471. The van der Waals surface area contributed by atoms with Gasteiger partial charge in [0.25, 0.3) is 0 Å². The molecule has 0 unspecified atom stereocenters. The Kier molecular flexibility index (Phi) is 6.64. The number of halogens is 1. The van der Waals surface area contributed by atoms with Crippen molar-refractivity contribution in [2.45, 2.75) is 19.8 Å². The van der Waals surface area contributed by atoms with Gasteiger partial charge in [-0.1, -0.05) is 11.6 Å². The van der Waals surface area contributed by atoms with Crippen LogP contribution in [0.15, 0.2) is 18.2 Å². The summed E-state index contributed by atoms with van der Waals surface area (Å²) in [6, 6.07) is 4.74. The van der Waals surface area contributed by atoms with E-state index >= 15 is 0 Å². The Bertz CT molecular complexity index is 656. The Morgan fingerprint density at radius 2 is 1.96 bits per heavy atom. The summed E-state index contributed by atoms with van der Waals surface area (Å²) >= 11 is 5.91. The van der Waals surface area contributed by atoms with Gasteiger partial charge in [0.1, 0.15) is 5.75 Å². The molecule has 1 aromatic rings. The van der Waals surface area contributed by atoms with Crippen molar-refractivity contribution in [3.05, 3.63) is 23.2 Å². The quantitative estimate of drug-likeness (QED) is 0.649. The van der Waals surface area contributed by atoms with E-state index in [4.69, 9.17) is 21.1 Å². The Morgan fingerprint density at radius 1 is 1.28 bits per heavy atom. The van der Waals surface area contributed by atoms with E-state index in [1.165, 1.54) is 18.1 Å². The number of rotatable bonds is 4. The second-order valence-electron chi connectivity index (χ2n) is 5.62. The number of amides is 2. The molecule has 1 aliphatic heterocycles. The van der Waals surface area contributed by atoms with Crippen LogP contribution in [0.3, 0.4) is 0 Å². The van der Waals surface area contributed by atoms with Gasteiger partial charge >= 0.3 is 17.8 Å². The first kappa shape index (κ1) is 19.1. The van der Waals surface area contributed by atoms with Crippen LogP contribution < -0.4 is 10.1 Å². The van der Waals surface area contributed by atoms with Gasteiger partial charge < -0.3 is 19.7 Å². The van der Waals surface area contributed by atoms with Crippen LogP contribution in [0.25, 0.3) is 0 Å². The van der Waals surface area contributed by atoms with E-state index in [1.54, 1.807) is 19.1 Å². The molecule has 7 nitrogen and oxygen atoms in total. The first-order valence-corrected chi connectivity index (χ1v) is 8.44. The average Bonchev–Trinajstić information content (AvgIpc) is 2.61. The molecule has 0 aromatic heterocycles. The van der Waals surface area contributed by atoms with Crippen LogP contribution in [0, 0.1) is 5.92 Å². The number of ether oxygens (including phenoxy) is 2. The van der Waals surface area contributed by atoms with E-state index in [0.29, 0.717) is 49.0 Å². The molecule has 1 heterocycles. The predicted octanol–water partition coefficient (Wildman–Crippen LogP) is 2.09. The van der Waals surface area contributed by atoms with Gasteiger partial charge in [0, 0.05) is 18.1 Å². The number of nitrogens with one attached hydrogen (secondary N) is 1. The van der Waals surface area contributed by atoms with Crippen LogP contribution in [-0.2, 0) is 19.1 Å². The number of hydrogen-bond acceptors (Lipinski definition) is 5. The lowest BCUT2D eigenvalue weighted by molar-refractivity contribution is -0.152. The van der Waals surface area contributed by atoms with Crippen LogP contribution in [-0.4, -0.2) is 49.5 Å². The van der Waals surface area contributed by atoms with E-state index in [0.717, 1.165) is 0 Å². The molecule has 1 aromatic carbocycles. The molecule has 0 saturated carbocycles. The molecule has 1 saturated heterocycles. The van der Waals surface area contributed by atoms with E-state index < -0.39 is 11.8 Å². The average molecular weight is 369 g/mol. The van der Waals surface area contributed by atoms with Gasteiger partial charge in [-0.25, -0.2) is 0 Å². The number of esters is 1. The highest BCUT2D eigenvalue weighted by molar-refractivity contribution is 6.40. The number of hydrogen-bond donors (Lipinski definition) is 1. The molecule has 0 atom stereocenters. The van der Waals surface area contributed by atoms with Crippen molar-refractivity contribution in [2.24, 2.45) is 5.92 Å². The highest BCUT2D eigenvalue weighted by Gasteiger charge is 2.31. The number of carbonyl (C=O) groups excluding carboxylic acids is 3. The first-order valence-electron chi connectivity index (χ1n) is 8.06. The normalized spacial score (nSPS) is 14.8. The molecule has 8 heteroatoms. The third-order valence-electron chi connectivity index (χ3n) is 4.01. The summed E-state index contributed by atoms with van der Waals surface area (Å²) in [6.45, 7) is 2.76. The summed E-state index contributed by atoms with van der Waals surface area (Å²) in [5.41, 5.74) is 0.328. The monoisotopic (exact) mass is 368 g/mol. The smallest absolute Gasteiger partial charge is 0.314 e. The number of nitrogens with zero attached hydrogens (tertiary/aromatic N) is 1. The number of benzene rings is 1. The zero-order valence-electron chi connectivity index (χ0n) is 14.2. The fourth-order valence-electron chi connectivity index (χ4n) is 2.68. The molecular weight excluding hydrogens is 348 g/mol. The van der Waals surface area contributed by atoms with Gasteiger partial charge in [-0.05, 0) is 38.0 Å². The highest BCUT2D eigenvalue weighted by atomic mass is 35.5. The van der Waals surface area contributed by atoms with Gasteiger partial charge in [0.05, 0.1) is 25.3 Å².